The minimum Gasteiger partial charge on any atom is -0.494 e. The van der Waals surface area contributed by atoms with E-state index in [9.17, 15) is 9.59 Å². The molecule has 2 N–H and O–H groups in total. The molecule has 0 heterocycles. The Morgan fingerprint density at radius 2 is 1.16 bits per heavy atom. The fourth-order valence-electron chi connectivity index (χ4n) is 3.09. The maximum atomic E-state index is 12.5. The zero-order valence-corrected chi connectivity index (χ0v) is 19.1. The van der Waals surface area contributed by atoms with Crippen LogP contribution in [0.5, 0.6) is 5.75 Å². The van der Waals surface area contributed by atoms with Crippen LogP contribution in [-0.2, 0) is 5.41 Å². The van der Waals surface area contributed by atoms with Crippen LogP contribution in [0.15, 0.2) is 72.8 Å². The summed E-state index contributed by atoms with van der Waals surface area (Å²) in [7, 11) is 0. The van der Waals surface area contributed by atoms with Crippen LogP contribution in [0.3, 0.4) is 0 Å². The lowest BCUT2D eigenvalue weighted by Crippen LogP contribution is -2.14. The molecule has 166 valence electrons. The van der Waals surface area contributed by atoms with Crippen LogP contribution in [0.2, 0.25) is 0 Å². The van der Waals surface area contributed by atoms with E-state index in [-0.39, 0.29) is 17.2 Å². The average molecular weight is 431 g/mol. The highest BCUT2D eigenvalue weighted by Gasteiger charge is 2.14. The highest BCUT2D eigenvalue weighted by Crippen LogP contribution is 2.23. The van der Waals surface area contributed by atoms with Gasteiger partial charge in [-0.3, -0.25) is 9.59 Å². The predicted octanol–water partition coefficient (Wildman–Crippen LogP) is 6.28. The smallest absolute Gasteiger partial charge is 0.255 e. The van der Waals surface area contributed by atoms with E-state index in [1.165, 1.54) is 5.56 Å². The van der Waals surface area contributed by atoms with E-state index in [1.807, 2.05) is 31.2 Å². The van der Waals surface area contributed by atoms with Crippen molar-refractivity contribution in [1.82, 2.24) is 0 Å². The zero-order valence-electron chi connectivity index (χ0n) is 19.1. The van der Waals surface area contributed by atoms with Gasteiger partial charge < -0.3 is 15.4 Å². The van der Waals surface area contributed by atoms with Crippen LogP contribution in [0.4, 0.5) is 11.4 Å². The Morgan fingerprint density at radius 3 is 1.56 bits per heavy atom. The summed E-state index contributed by atoms with van der Waals surface area (Å²) in [5.74, 6) is 0.368. The van der Waals surface area contributed by atoms with E-state index in [0.29, 0.717) is 29.1 Å². The molecule has 5 heteroatoms. The van der Waals surface area contributed by atoms with Crippen LogP contribution in [0.25, 0.3) is 0 Å². The summed E-state index contributed by atoms with van der Waals surface area (Å²) in [6.45, 7) is 9.11. The normalized spacial score (nSPS) is 11.0. The van der Waals surface area contributed by atoms with Crippen LogP contribution < -0.4 is 15.4 Å². The lowest BCUT2D eigenvalue weighted by molar-refractivity contribution is 0.101. The first kappa shape index (κ1) is 23.1. The molecule has 5 nitrogen and oxygen atoms in total. The van der Waals surface area contributed by atoms with E-state index in [2.05, 4.69) is 31.4 Å². The topological polar surface area (TPSA) is 67.4 Å². The van der Waals surface area contributed by atoms with E-state index >= 15 is 0 Å². The Labute approximate surface area is 189 Å². The summed E-state index contributed by atoms with van der Waals surface area (Å²) >= 11 is 0. The minimum atomic E-state index is -0.206. The molecule has 0 radical (unpaired) electrons. The van der Waals surface area contributed by atoms with Gasteiger partial charge in [0.15, 0.2) is 0 Å². The van der Waals surface area contributed by atoms with Crippen molar-refractivity contribution in [3.63, 3.8) is 0 Å². The van der Waals surface area contributed by atoms with Crippen LogP contribution in [-0.4, -0.2) is 18.4 Å². The van der Waals surface area contributed by atoms with Crippen molar-refractivity contribution in [3.8, 4) is 5.75 Å². The number of ether oxygens (including phenoxy) is 1. The highest BCUT2D eigenvalue weighted by atomic mass is 16.5. The molecule has 0 aromatic heterocycles. The van der Waals surface area contributed by atoms with Crippen molar-refractivity contribution in [2.45, 2.75) is 39.5 Å². The van der Waals surface area contributed by atoms with Gasteiger partial charge in [0.2, 0.25) is 0 Å². The first-order valence-electron chi connectivity index (χ1n) is 10.8. The molecule has 0 aliphatic rings. The molecule has 3 aromatic rings. The quantitative estimate of drug-likeness (QED) is 0.464. The maximum Gasteiger partial charge on any atom is 0.255 e. The Kier molecular flexibility index (Phi) is 7.31. The number of anilines is 2. The molecule has 3 aromatic carbocycles. The van der Waals surface area contributed by atoms with Gasteiger partial charge in [0.05, 0.1) is 6.61 Å². The lowest BCUT2D eigenvalue weighted by Gasteiger charge is -2.19. The van der Waals surface area contributed by atoms with E-state index in [0.717, 1.165) is 12.2 Å². The third-order valence-electron chi connectivity index (χ3n) is 5.00. The first-order chi connectivity index (χ1) is 15.3. The molecular weight excluding hydrogens is 400 g/mol. The van der Waals surface area contributed by atoms with Gasteiger partial charge in [0.1, 0.15) is 5.75 Å². The fraction of sp³-hybridized carbons (Fsp3) is 0.259. The van der Waals surface area contributed by atoms with Crippen molar-refractivity contribution in [1.29, 1.82) is 0 Å². The van der Waals surface area contributed by atoms with Gasteiger partial charge in [0, 0.05) is 22.5 Å². The molecule has 0 aliphatic carbocycles. The number of amides is 2. The second kappa shape index (κ2) is 10.1. The predicted molar refractivity (Wildman–Crippen MR) is 130 cm³/mol. The molecule has 0 spiro atoms. The van der Waals surface area contributed by atoms with Crippen LogP contribution in [0, 0.1) is 0 Å². The van der Waals surface area contributed by atoms with Crippen molar-refractivity contribution in [3.05, 3.63) is 89.5 Å². The Bertz CT molecular complexity index is 1050. The summed E-state index contributed by atoms with van der Waals surface area (Å²) < 4.78 is 5.54. The SMILES string of the molecule is CCCOc1ccc(C(=O)Nc2ccc(NC(=O)c3ccc(C(C)(C)C)cc3)cc2)cc1. The molecule has 0 bridgehead atoms. The van der Waals surface area contributed by atoms with Gasteiger partial charge >= 0.3 is 0 Å². The fourth-order valence-corrected chi connectivity index (χ4v) is 3.09. The monoisotopic (exact) mass is 430 g/mol. The summed E-state index contributed by atoms with van der Waals surface area (Å²) in [6.07, 6.45) is 0.933. The van der Waals surface area contributed by atoms with Gasteiger partial charge in [-0.15, -0.1) is 0 Å². The van der Waals surface area contributed by atoms with Gasteiger partial charge in [-0.2, -0.15) is 0 Å². The van der Waals surface area contributed by atoms with Gasteiger partial charge in [-0.1, -0.05) is 39.8 Å². The number of benzene rings is 3. The van der Waals surface area contributed by atoms with Crippen LogP contribution in [0.1, 0.15) is 60.4 Å². The number of carbonyl (C=O) groups is 2. The van der Waals surface area contributed by atoms with Crippen molar-refractivity contribution in [2.75, 3.05) is 17.2 Å². The molecular formula is C27H30N2O3. The third-order valence-corrected chi connectivity index (χ3v) is 5.00. The third kappa shape index (κ3) is 6.20. The molecule has 0 fully saturated rings. The lowest BCUT2D eigenvalue weighted by atomic mass is 9.87. The molecule has 32 heavy (non-hydrogen) atoms. The van der Waals surface area contributed by atoms with Crippen LogP contribution >= 0.6 is 0 Å². The summed E-state index contributed by atoms with van der Waals surface area (Å²) in [4.78, 5) is 25.0. The van der Waals surface area contributed by atoms with Gasteiger partial charge in [0.25, 0.3) is 11.8 Å². The summed E-state index contributed by atoms with van der Waals surface area (Å²) in [5, 5.41) is 5.75. The minimum absolute atomic E-state index is 0.0418. The largest absolute Gasteiger partial charge is 0.494 e. The first-order valence-corrected chi connectivity index (χ1v) is 10.8. The van der Waals surface area contributed by atoms with E-state index < -0.39 is 0 Å². The summed E-state index contributed by atoms with van der Waals surface area (Å²) in [6, 6.07) is 21.7. The van der Waals surface area contributed by atoms with E-state index in [4.69, 9.17) is 4.74 Å². The molecule has 0 saturated carbocycles. The second-order valence-corrected chi connectivity index (χ2v) is 8.69. The Hall–Kier alpha value is -3.60. The number of hydrogen-bond acceptors (Lipinski definition) is 3. The average Bonchev–Trinajstić information content (AvgIpc) is 2.78. The maximum absolute atomic E-state index is 12.5. The number of carbonyl (C=O) groups excluding carboxylic acids is 2. The van der Waals surface area contributed by atoms with Crippen molar-refractivity contribution >= 4 is 23.2 Å². The summed E-state index contributed by atoms with van der Waals surface area (Å²) in [5.41, 5.74) is 3.67. The van der Waals surface area contributed by atoms with Gasteiger partial charge in [-0.25, -0.2) is 0 Å². The highest BCUT2D eigenvalue weighted by molar-refractivity contribution is 6.05. The Morgan fingerprint density at radius 1 is 0.719 bits per heavy atom. The molecule has 0 atom stereocenters. The number of hydrogen-bond donors (Lipinski definition) is 2. The number of nitrogens with one attached hydrogen (secondary N) is 2. The second-order valence-electron chi connectivity index (χ2n) is 8.69. The Balaban J connectivity index is 1.57. The van der Waals surface area contributed by atoms with Crippen molar-refractivity contribution < 1.29 is 14.3 Å². The van der Waals surface area contributed by atoms with E-state index in [1.54, 1.807) is 48.5 Å². The molecule has 3 rings (SSSR count). The molecule has 0 unspecified atom stereocenters. The van der Waals surface area contributed by atoms with Crippen molar-refractivity contribution in [2.24, 2.45) is 0 Å². The molecule has 0 saturated heterocycles. The number of rotatable bonds is 7. The standard InChI is InChI=1S/C27H30N2O3/c1-5-18-32-24-16-8-20(9-17-24)26(31)29-23-14-12-22(13-15-23)28-25(30)19-6-10-21(11-7-19)27(2,3)4/h6-17H,5,18H2,1-4H3,(H,28,30)(H,29,31). The van der Waals surface area contributed by atoms with Gasteiger partial charge in [-0.05, 0) is 78.1 Å². The molecule has 0 aliphatic heterocycles. The zero-order chi connectivity index (χ0) is 23.1. The molecule has 2 amide bonds.